The first-order valence-electron chi connectivity index (χ1n) is 4.71. The molecule has 1 aliphatic rings. The SMILES string of the molecule is N#Cc1ccc2c(c1F)CCC[C@@H]2N. The second kappa shape index (κ2) is 3.39. The number of benzene rings is 1. The summed E-state index contributed by atoms with van der Waals surface area (Å²) < 4.78 is 13.6. The third-order valence-electron chi connectivity index (χ3n) is 2.74. The third kappa shape index (κ3) is 1.28. The van der Waals surface area contributed by atoms with E-state index < -0.39 is 0 Å². The molecular formula is C11H11FN2. The van der Waals surface area contributed by atoms with E-state index in [1.165, 1.54) is 6.07 Å². The minimum Gasteiger partial charge on any atom is -0.324 e. The molecule has 2 nitrogen and oxygen atoms in total. The Bertz CT molecular complexity index is 406. The molecule has 14 heavy (non-hydrogen) atoms. The van der Waals surface area contributed by atoms with E-state index in [0.717, 1.165) is 18.4 Å². The molecule has 0 spiro atoms. The van der Waals surface area contributed by atoms with Gasteiger partial charge in [-0.1, -0.05) is 6.07 Å². The molecule has 72 valence electrons. The van der Waals surface area contributed by atoms with Crippen molar-refractivity contribution in [1.29, 1.82) is 5.26 Å². The summed E-state index contributed by atoms with van der Waals surface area (Å²) in [5.74, 6) is -0.375. The minimum atomic E-state index is -0.375. The molecule has 3 heteroatoms. The van der Waals surface area contributed by atoms with Gasteiger partial charge < -0.3 is 5.73 Å². The van der Waals surface area contributed by atoms with E-state index in [0.29, 0.717) is 12.0 Å². The van der Waals surface area contributed by atoms with E-state index in [2.05, 4.69) is 0 Å². The molecule has 0 heterocycles. The first-order chi connectivity index (χ1) is 6.74. The summed E-state index contributed by atoms with van der Waals surface area (Å²) in [5.41, 5.74) is 7.49. The molecule has 1 aliphatic carbocycles. The maximum Gasteiger partial charge on any atom is 0.144 e. The van der Waals surface area contributed by atoms with Gasteiger partial charge in [0.1, 0.15) is 11.9 Å². The van der Waals surface area contributed by atoms with Crippen molar-refractivity contribution >= 4 is 0 Å². The summed E-state index contributed by atoms with van der Waals surface area (Å²) in [6, 6.07) is 5.07. The Hall–Kier alpha value is -1.40. The number of hydrogen-bond donors (Lipinski definition) is 1. The third-order valence-corrected chi connectivity index (χ3v) is 2.74. The second-order valence-corrected chi connectivity index (χ2v) is 3.61. The smallest absolute Gasteiger partial charge is 0.144 e. The van der Waals surface area contributed by atoms with Crippen molar-refractivity contribution in [2.24, 2.45) is 5.73 Å². The molecule has 0 radical (unpaired) electrons. The van der Waals surface area contributed by atoms with Crippen LogP contribution in [0.2, 0.25) is 0 Å². The summed E-state index contributed by atoms with van der Waals surface area (Å²) in [6.07, 6.45) is 2.50. The summed E-state index contributed by atoms with van der Waals surface area (Å²) in [7, 11) is 0. The lowest BCUT2D eigenvalue weighted by Gasteiger charge is -2.22. The lowest BCUT2D eigenvalue weighted by molar-refractivity contribution is 0.530. The highest BCUT2D eigenvalue weighted by Gasteiger charge is 2.21. The minimum absolute atomic E-state index is 0.0685. The van der Waals surface area contributed by atoms with Crippen molar-refractivity contribution in [3.05, 3.63) is 34.6 Å². The van der Waals surface area contributed by atoms with Crippen molar-refractivity contribution < 1.29 is 4.39 Å². The average molecular weight is 190 g/mol. The van der Waals surface area contributed by atoms with Gasteiger partial charge in [0, 0.05) is 6.04 Å². The Morgan fingerprint density at radius 3 is 3.00 bits per heavy atom. The highest BCUT2D eigenvalue weighted by atomic mass is 19.1. The lowest BCUT2D eigenvalue weighted by atomic mass is 9.87. The fourth-order valence-corrected chi connectivity index (χ4v) is 1.98. The summed E-state index contributed by atoms with van der Waals surface area (Å²) in [6.45, 7) is 0. The Kier molecular flexibility index (Phi) is 2.22. The molecule has 1 atom stereocenters. The second-order valence-electron chi connectivity index (χ2n) is 3.61. The fourth-order valence-electron chi connectivity index (χ4n) is 1.98. The van der Waals surface area contributed by atoms with Crippen molar-refractivity contribution in [3.63, 3.8) is 0 Å². The first-order valence-corrected chi connectivity index (χ1v) is 4.71. The molecule has 0 saturated carbocycles. The molecule has 0 bridgehead atoms. The zero-order valence-electron chi connectivity index (χ0n) is 7.76. The van der Waals surface area contributed by atoms with Crippen LogP contribution >= 0.6 is 0 Å². The molecule has 2 rings (SSSR count). The van der Waals surface area contributed by atoms with Crippen LogP contribution in [-0.2, 0) is 6.42 Å². The fraction of sp³-hybridized carbons (Fsp3) is 0.364. The van der Waals surface area contributed by atoms with Gasteiger partial charge in [-0.2, -0.15) is 5.26 Å². The topological polar surface area (TPSA) is 49.8 Å². The maximum atomic E-state index is 13.6. The normalized spacial score (nSPS) is 19.9. The van der Waals surface area contributed by atoms with E-state index in [-0.39, 0.29) is 17.4 Å². The predicted octanol–water partition coefficient (Wildman–Crippen LogP) is 2.03. The standard InChI is InChI=1S/C11H11FN2/c12-11-7(6-13)4-5-8-9(11)2-1-3-10(8)14/h4-5,10H,1-3,14H2/t10-/m0/s1. The van der Waals surface area contributed by atoms with Crippen molar-refractivity contribution in [3.8, 4) is 6.07 Å². The number of hydrogen-bond acceptors (Lipinski definition) is 2. The Balaban J connectivity index is 2.59. The molecular weight excluding hydrogens is 179 g/mol. The first kappa shape index (κ1) is 9.17. The van der Waals surface area contributed by atoms with E-state index >= 15 is 0 Å². The zero-order chi connectivity index (χ0) is 10.1. The van der Waals surface area contributed by atoms with Crippen LogP contribution in [-0.4, -0.2) is 0 Å². The molecule has 1 aromatic rings. The van der Waals surface area contributed by atoms with Crippen LogP contribution in [0.3, 0.4) is 0 Å². The van der Waals surface area contributed by atoms with Gasteiger partial charge in [0.2, 0.25) is 0 Å². The van der Waals surface area contributed by atoms with Crippen molar-refractivity contribution in [2.45, 2.75) is 25.3 Å². The van der Waals surface area contributed by atoms with Crippen LogP contribution < -0.4 is 5.73 Å². The largest absolute Gasteiger partial charge is 0.324 e. The summed E-state index contributed by atoms with van der Waals surface area (Å²) >= 11 is 0. The summed E-state index contributed by atoms with van der Waals surface area (Å²) in [4.78, 5) is 0. The molecule has 0 aromatic heterocycles. The Morgan fingerprint density at radius 1 is 1.50 bits per heavy atom. The number of halogens is 1. The molecule has 0 fully saturated rings. The molecule has 0 aliphatic heterocycles. The molecule has 0 unspecified atom stereocenters. The quantitative estimate of drug-likeness (QED) is 0.680. The highest BCUT2D eigenvalue weighted by Crippen LogP contribution is 2.30. The number of fused-ring (bicyclic) bond motifs is 1. The zero-order valence-corrected chi connectivity index (χ0v) is 7.76. The van der Waals surface area contributed by atoms with E-state index in [1.807, 2.05) is 6.07 Å². The Labute approximate surface area is 82.1 Å². The van der Waals surface area contributed by atoms with E-state index in [9.17, 15) is 4.39 Å². The van der Waals surface area contributed by atoms with Gasteiger partial charge in [0.25, 0.3) is 0 Å². The van der Waals surface area contributed by atoms with Crippen LogP contribution in [0.25, 0.3) is 0 Å². The molecule has 2 N–H and O–H groups in total. The van der Waals surface area contributed by atoms with Gasteiger partial charge in [0.05, 0.1) is 5.56 Å². The monoisotopic (exact) mass is 190 g/mol. The molecule has 0 amide bonds. The van der Waals surface area contributed by atoms with Crippen molar-refractivity contribution in [2.75, 3.05) is 0 Å². The average Bonchev–Trinajstić information content (AvgIpc) is 2.20. The molecule has 1 aromatic carbocycles. The van der Waals surface area contributed by atoms with Gasteiger partial charge in [0.15, 0.2) is 0 Å². The Morgan fingerprint density at radius 2 is 2.29 bits per heavy atom. The van der Waals surface area contributed by atoms with Crippen LogP contribution in [0.15, 0.2) is 12.1 Å². The lowest BCUT2D eigenvalue weighted by Crippen LogP contribution is -2.18. The predicted molar refractivity (Wildman–Crippen MR) is 51.0 cm³/mol. The van der Waals surface area contributed by atoms with Crippen LogP contribution in [0.1, 0.15) is 35.6 Å². The van der Waals surface area contributed by atoms with Crippen LogP contribution in [0, 0.1) is 17.1 Å². The highest BCUT2D eigenvalue weighted by molar-refractivity contribution is 5.42. The van der Waals surface area contributed by atoms with Gasteiger partial charge in [-0.3, -0.25) is 0 Å². The molecule has 0 saturated heterocycles. The number of nitriles is 1. The van der Waals surface area contributed by atoms with E-state index in [1.54, 1.807) is 6.07 Å². The summed E-state index contributed by atoms with van der Waals surface area (Å²) in [5, 5.41) is 8.66. The maximum absolute atomic E-state index is 13.6. The van der Waals surface area contributed by atoms with Gasteiger partial charge in [-0.15, -0.1) is 0 Å². The van der Waals surface area contributed by atoms with E-state index in [4.69, 9.17) is 11.0 Å². The van der Waals surface area contributed by atoms with Crippen LogP contribution in [0.4, 0.5) is 4.39 Å². The van der Waals surface area contributed by atoms with Crippen molar-refractivity contribution in [1.82, 2.24) is 0 Å². The number of rotatable bonds is 0. The van der Waals surface area contributed by atoms with Gasteiger partial charge in [-0.05, 0) is 36.5 Å². The van der Waals surface area contributed by atoms with Crippen LogP contribution in [0.5, 0.6) is 0 Å². The van der Waals surface area contributed by atoms with Gasteiger partial charge in [-0.25, -0.2) is 4.39 Å². The van der Waals surface area contributed by atoms with Gasteiger partial charge >= 0.3 is 0 Å². The number of nitrogens with zero attached hydrogens (tertiary/aromatic N) is 1. The number of nitrogens with two attached hydrogens (primary N) is 1.